The normalized spacial score (nSPS) is 12.8. The van der Waals surface area contributed by atoms with Gasteiger partial charge in [-0.2, -0.15) is 5.10 Å². The molecule has 3 aromatic rings. The Labute approximate surface area is 164 Å². The molecular formula is C20H17F2N5O2. The molecule has 4 rings (SSSR count). The maximum atomic E-state index is 13.8. The second-order valence-electron chi connectivity index (χ2n) is 6.55. The molecule has 3 amide bonds. The summed E-state index contributed by atoms with van der Waals surface area (Å²) in [5.41, 5.74) is 2.46. The van der Waals surface area contributed by atoms with Gasteiger partial charge in [0.15, 0.2) is 11.6 Å². The molecule has 148 valence electrons. The molecule has 0 saturated heterocycles. The highest BCUT2D eigenvalue weighted by atomic mass is 19.1. The lowest BCUT2D eigenvalue weighted by molar-refractivity contribution is -0.116. The molecule has 1 aliphatic rings. The number of halogens is 2. The molecule has 0 fully saturated rings. The van der Waals surface area contributed by atoms with Crippen molar-refractivity contribution < 1.29 is 18.4 Å². The molecule has 0 spiro atoms. The van der Waals surface area contributed by atoms with Crippen LogP contribution in [0.15, 0.2) is 48.7 Å². The first-order valence-corrected chi connectivity index (χ1v) is 8.96. The number of carbonyl (C=O) groups is 2. The number of urea groups is 1. The Kier molecular flexibility index (Phi) is 4.94. The highest BCUT2D eigenvalue weighted by molar-refractivity contribution is 5.95. The molecule has 9 heteroatoms. The first-order valence-electron chi connectivity index (χ1n) is 8.96. The minimum absolute atomic E-state index is 0.0225. The van der Waals surface area contributed by atoms with Crippen molar-refractivity contribution in [1.82, 2.24) is 15.1 Å². The Hall–Kier alpha value is -3.75. The highest BCUT2D eigenvalue weighted by Gasteiger charge is 2.16. The monoisotopic (exact) mass is 397 g/mol. The summed E-state index contributed by atoms with van der Waals surface area (Å²) in [6, 6.07) is 9.94. The lowest BCUT2D eigenvalue weighted by Gasteiger charge is -2.17. The first-order chi connectivity index (χ1) is 14.0. The third-order valence-corrected chi connectivity index (χ3v) is 4.50. The van der Waals surface area contributed by atoms with Crippen LogP contribution in [0.1, 0.15) is 17.7 Å². The number of rotatable bonds is 4. The number of nitrogens with one attached hydrogen (secondary N) is 3. The Morgan fingerprint density at radius 1 is 1.14 bits per heavy atom. The molecule has 7 nitrogen and oxygen atoms in total. The van der Waals surface area contributed by atoms with Gasteiger partial charge in [0, 0.05) is 24.0 Å². The van der Waals surface area contributed by atoms with E-state index in [-0.39, 0.29) is 18.1 Å². The number of aryl methyl sites for hydroxylation is 1. The van der Waals surface area contributed by atoms with Crippen molar-refractivity contribution in [3.63, 3.8) is 0 Å². The molecule has 2 aromatic carbocycles. The van der Waals surface area contributed by atoms with Gasteiger partial charge in [-0.05, 0) is 48.4 Å². The average Bonchev–Trinajstić information content (AvgIpc) is 3.15. The van der Waals surface area contributed by atoms with E-state index in [0.717, 1.165) is 28.1 Å². The highest BCUT2D eigenvalue weighted by Crippen LogP contribution is 2.25. The van der Waals surface area contributed by atoms with Gasteiger partial charge in [-0.25, -0.2) is 18.3 Å². The summed E-state index contributed by atoms with van der Waals surface area (Å²) in [5.74, 6) is -1.48. The molecule has 1 aliphatic heterocycles. The van der Waals surface area contributed by atoms with Crippen LogP contribution in [0.5, 0.6) is 0 Å². The van der Waals surface area contributed by atoms with Crippen molar-refractivity contribution in [3.05, 3.63) is 71.6 Å². The minimum Gasteiger partial charge on any atom is -0.332 e. The predicted molar refractivity (Wildman–Crippen MR) is 103 cm³/mol. The van der Waals surface area contributed by atoms with Crippen LogP contribution in [-0.2, 0) is 17.8 Å². The van der Waals surface area contributed by atoms with Crippen LogP contribution in [0, 0.1) is 11.6 Å². The van der Waals surface area contributed by atoms with Gasteiger partial charge >= 0.3 is 6.03 Å². The first kappa shape index (κ1) is 18.6. The summed E-state index contributed by atoms with van der Waals surface area (Å²) in [4.78, 5) is 23.5. The number of carbonyl (C=O) groups excluding carboxylic acids is 2. The molecular weight excluding hydrogens is 380 g/mol. The van der Waals surface area contributed by atoms with Gasteiger partial charge in [0.25, 0.3) is 0 Å². The average molecular weight is 397 g/mol. The van der Waals surface area contributed by atoms with Gasteiger partial charge in [0.05, 0.1) is 12.2 Å². The van der Waals surface area contributed by atoms with Crippen LogP contribution in [-0.4, -0.2) is 21.7 Å². The number of hydrogen-bond donors (Lipinski definition) is 3. The number of anilines is 2. The fourth-order valence-electron chi connectivity index (χ4n) is 3.10. The van der Waals surface area contributed by atoms with E-state index in [4.69, 9.17) is 0 Å². The lowest BCUT2D eigenvalue weighted by Crippen LogP contribution is -2.28. The van der Waals surface area contributed by atoms with E-state index in [2.05, 4.69) is 21.0 Å². The number of nitrogens with zero attached hydrogens (tertiary/aromatic N) is 2. The van der Waals surface area contributed by atoms with Crippen molar-refractivity contribution in [1.29, 1.82) is 0 Å². The number of para-hydroxylation sites is 1. The number of amides is 3. The Morgan fingerprint density at radius 3 is 2.72 bits per heavy atom. The maximum absolute atomic E-state index is 13.8. The van der Waals surface area contributed by atoms with E-state index in [1.165, 1.54) is 12.3 Å². The molecule has 1 aromatic heterocycles. The van der Waals surface area contributed by atoms with Crippen molar-refractivity contribution in [2.45, 2.75) is 19.4 Å². The lowest BCUT2D eigenvalue weighted by atomic mass is 10.0. The molecule has 2 heterocycles. The zero-order chi connectivity index (χ0) is 20.4. The Morgan fingerprint density at radius 2 is 1.93 bits per heavy atom. The summed E-state index contributed by atoms with van der Waals surface area (Å²) in [5, 5.41) is 12.2. The molecule has 29 heavy (non-hydrogen) atoms. The van der Waals surface area contributed by atoms with Crippen molar-refractivity contribution in [2.24, 2.45) is 0 Å². The fourth-order valence-corrected chi connectivity index (χ4v) is 3.10. The summed E-state index contributed by atoms with van der Waals surface area (Å²) in [7, 11) is 0. The van der Waals surface area contributed by atoms with E-state index in [0.29, 0.717) is 24.2 Å². The summed E-state index contributed by atoms with van der Waals surface area (Å²) in [6.45, 7) is 0.0793. The Bertz CT molecular complexity index is 1080. The quantitative estimate of drug-likeness (QED) is 0.631. The van der Waals surface area contributed by atoms with E-state index >= 15 is 0 Å². The second kappa shape index (κ2) is 7.70. The van der Waals surface area contributed by atoms with E-state index in [9.17, 15) is 18.4 Å². The molecule has 0 bridgehead atoms. The Balaban J connectivity index is 1.37. The summed E-state index contributed by atoms with van der Waals surface area (Å²) in [6.07, 6.45) is 2.45. The zero-order valence-corrected chi connectivity index (χ0v) is 15.2. The third kappa shape index (κ3) is 4.08. The topological polar surface area (TPSA) is 88.1 Å². The van der Waals surface area contributed by atoms with Crippen LogP contribution in [0.25, 0.3) is 5.69 Å². The fraction of sp³-hybridized carbons (Fsp3) is 0.150. The summed E-state index contributed by atoms with van der Waals surface area (Å²) >= 11 is 0. The molecule has 0 saturated carbocycles. The smallest absolute Gasteiger partial charge is 0.319 e. The maximum Gasteiger partial charge on any atom is 0.319 e. The number of aromatic nitrogens is 2. The summed E-state index contributed by atoms with van der Waals surface area (Å²) < 4.78 is 28.8. The number of hydrogen-bond acceptors (Lipinski definition) is 3. The van der Waals surface area contributed by atoms with Gasteiger partial charge in [0.2, 0.25) is 5.91 Å². The van der Waals surface area contributed by atoms with Crippen molar-refractivity contribution >= 4 is 23.3 Å². The van der Waals surface area contributed by atoms with Gasteiger partial charge in [-0.15, -0.1) is 0 Å². The zero-order valence-electron chi connectivity index (χ0n) is 15.2. The standard InChI is InChI=1S/C20H17F2N5O2/c21-15-2-1-3-16(22)19(15)27-9-8-14(26-27)11-23-20(29)24-13-5-6-17-12(10-13)4-7-18(28)25-17/h1-3,5-6,8-10H,4,7,11H2,(H,25,28)(H2,23,24,29). The van der Waals surface area contributed by atoms with Gasteiger partial charge < -0.3 is 16.0 Å². The van der Waals surface area contributed by atoms with Crippen molar-refractivity contribution in [3.8, 4) is 5.69 Å². The second-order valence-corrected chi connectivity index (χ2v) is 6.55. The van der Waals surface area contributed by atoms with Crippen LogP contribution in [0.4, 0.5) is 25.0 Å². The van der Waals surface area contributed by atoms with E-state index in [1.807, 2.05) is 6.07 Å². The van der Waals surface area contributed by atoms with Crippen LogP contribution < -0.4 is 16.0 Å². The molecule has 3 N–H and O–H groups in total. The molecule has 0 unspecified atom stereocenters. The van der Waals surface area contributed by atoms with E-state index < -0.39 is 17.7 Å². The van der Waals surface area contributed by atoms with Crippen molar-refractivity contribution in [2.75, 3.05) is 10.6 Å². The molecule has 0 aliphatic carbocycles. The van der Waals surface area contributed by atoms with Gasteiger partial charge in [-0.3, -0.25) is 4.79 Å². The molecule has 0 atom stereocenters. The van der Waals surface area contributed by atoms with Crippen LogP contribution in [0.3, 0.4) is 0 Å². The largest absolute Gasteiger partial charge is 0.332 e. The predicted octanol–water partition coefficient (Wildman–Crippen LogP) is 3.36. The van der Waals surface area contributed by atoms with E-state index in [1.54, 1.807) is 18.2 Å². The van der Waals surface area contributed by atoms with Gasteiger partial charge in [-0.1, -0.05) is 6.07 Å². The minimum atomic E-state index is -0.728. The molecule has 0 radical (unpaired) electrons. The SMILES string of the molecule is O=C1CCc2cc(NC(=O)NCc3ccn(-c4c(F)cccc4F)n3)ccc2N1. The number of fused-ring (bicyclic) bond motifs is 1. The van der Waals surface area contributed by atoms with Gasteiger partial charge in [0.1, 0.15) is 5.69 Å². The third-order valence-electron chi connectivity index (χ3n) is 4.50. The van der Waals surface area contributed by atoms with Crippen LogP contribution >= 0.6 is 0 Å². The van der Waals surface area contributed by atoms with Crippen LogP contribution in [0.2, 0.25) is 0 Å². The number of benzene rings is 2.